The first kappa shape index (κ1) is 17.7. The zero-order chi connectivity index (χ0) is 17.7. The smallest absolute Gasteiger partial charge is 0.274 e. The van der Waals surface area contributed by atoms with Crippen LogP contribution in [-0.4, -0.2) is 29.5 Å². The van der Waals surface area contributed by atoms with E-state index in [1.165, 1.54) is 12.3 Å². The summed E-state index contributed by atoms with van der Waals surface area (Å²) in [5.74, 6) is -4.82. The lowest BCUT2D eigenvalue weighted by atomic mass is 10.2. The second kappa shape index (κ2) is 7.76. The van der Waals surface area contributed by atoms with Crippen LogP contribution in [0.15, 0.2) is 24.4 Å². The fourth-order valence-corrected chi connectivity index (χ4v) is 1.96. The molecule has 0 fully saturated rings. The van der Waals surface area contributed by atoms with E-state index in [2.05, 4.69) is 22.2 Å². The molecule has 0 atom stereocenters. The Kier molecular flexibility index (Phi) is 5.73. The van der Waals surface area contributed by atoms with Gasteiger partial charge >= 0.3 is 0 Å². The Balaban J connectivity index is 2.17. The van der Waals surface area contributed by atoms with Crippen molar-refractivity contribution in [2.45, 2.75) is 19.8 Å². The van der Waals surface area contributed by atoms with Gasteiger partial charge in [-0.1, -0.05) is 13.3 Å². The lowest BCUT2D eigenvalue weighted by Crippen LogP contribution is -2.23. The van der Waals surface area contributed by atoms with Crippen molar-refractivity contribution in [3.8, 4) is 0 Å². The first-order chi connectivity index (χ1) is 11.4. The molecular weight excluding hydrogens is 321 g/mol. The molecule has 0 aliphatic rings. The van der Waals surface area contributed by atoms with Crippen molar-refractivity contribution in [1.82, 2.24) is 9.97 Å². The molecular formula is C16H17F3N4O. The maximum Gasteiger partial charge on any atom is 0.274 e. The van der Waals surface area contributed by atoms with E-state index in [0.717, 1.165) is 31.5 Å². The zero-order valence-electron chi connectivity index (χ0n) is 13.3. The summed E-state index contributed by atoms with van der Waals surface area (Å²) in [4.78, 5) is 22.1. The Labute approximate surface area is 137 Å². The number of hydrogen-bond acceptors (Lipinski definition) is 4. The number of anilines is 2. The van der Waals surface area contributed by atoms with Crippen LogP contribution in [0.25, 0.3) is 0 Å². The average molecular weight is 338 g/mol. The molecule has 0 saturated carbocycles. The molecule has 24 heavy (non-hydrogen) atoms. The molecule has 0 spiro atoms. The number of carbonyl (C=O) groups excluding carboxylic acids is 1. The minimum atomic E-state index is -1.64. The maximum absolute atomic E-state index is 13.6. The van der Waals surface area contributed by atoms with Gasteiger partial charge in [-0.15, -0.1) is 0 Å². The molecule has 0 unspecified atom stereocenters. The summed E-state index contributed by atoms with van der Waals surface area (Å²) < 4.78 is 39.7. The summed E-state index contributed by atoms with van der Waals surface area (Å²) in [5, 5.41) is 2.17. The van der Waals surface area contributed by atoms with E-state index in [0.29, 0.717) is 5.95 Å². The van der Waals surface area contributed by atoms with Gasteiger partial charge in [-0.05, 0) is 24.6 Å². The number of nitrogens with zero attached hydrogens (tertiary/aromatic N) is 3. The van der Waals surface area contributed by atoms with Gasteiger partial charge in [-0.3, -0.25) is 4.79 Å². The van der Waals surface area contributed by atoms with Crippen LogP contribution >= 0.6 is 0 Å². The molecule has 0 saturated heterocycles. The Morgan fingerprint density at radius 1 is 1.21 bits per heavy atom. The minimum absolute atomic E-state index is 0.00696. The van der Waals surface area contributed by atoms with Crippen molar-refractivity contribution in [2.24, 2.45) is 0 Å². The van der Waals surface area contributed by atoms with Crippen LogP contribution in [0.1, 0.15) is 30.3 Å². The third-order valence-corrected chi connectivity index (χ3v) is 3.35. The van der Waals surface area contributed by atoms with Crippen molar-refractivity contribution < 1.29 is 18.0 Å². The summed E-state index contributed by atoms with van der Waals surface area (Å²) in [6.07, 6.45) is 3.34. The van der Waals surface area contributed by atoms with E-state index in [9.17, 15) is 18.0 Å². The molecule has 1 amide bonds. The molecule has 1 heterocycles. The van der Waals surface area contributed by atoms with Crippen LogP contribution in [0.5, 0.6) is 0 Å². The predicted molar refractivity (Wildman–Crippen MR) is 84.5 cm³/mol. The van der Waals surface area contributed by atoms with Gasteiger partial charge in [0, 0.05) is 19.8 Å². The van der Waals surface area contributed by atoms with Gasteiger partial charge in [0.1, 0.15) is 5.69 Å². The van der Waals surface area contributed by atoms with Crippen LogP contribution in [0.4, 0.5) is 24.8 Å². The molecule has 2 aromatic rings. The zero-order valence-corrected chi connectivity index (χ0v) is 13.3. The van der Waals surface area contributed by atoms with Gasteiger partial charge in [0.2, 0.25) is 5.95 Å². The molecule has 0 aliphatic heterocycles. The first-order valence-corrected chi connectivity index (χ1v) is 7.43. The largest absolute Gasteiger partial charge is 0.344 e. The van der Waals surface area contributed by atoms with Crippen molar-refractivity contribution in [3.63, 3.8) is 0 Å². The molecule has 1 aromatic carbocycles. The molecule has 128 valence electrons. The summed E-state index contributed by atoms with van der Waals surface area (Å²) >= 11 is 0. The number of benzene rings is 1. The maximum atomic E-state index is 13.6. The van der Waals surface area contributed by atoms with Crippen LogP contribution in [0.3, 0.4) is 0 Å². The van der Waals surface area contributed by atoms with Gasteiger partial charge in [-0.2, -0.15) is 0 Å². The number of aromatic nitrogens is 2. The highest BCUT2D eigenvalue weighted by Gasteiger charge is 2.17. The first-order valence-electron chi connectivity index (χ1n) is 7.43. The fourth-order valence-electron chi connectivity index (χ4n) is 1.96. The third-order valence-electron chi connectivity index (χ3n) is 3.35. The van der Waals surface area contributed by atoms with Crippen molar-refractivity contribution in [1.29, 1.82) is 0 Å². The number of carbonyl (C=O) groups is 1. The SMILES string of the molecule is CCCCN(C)c1nccc(C(=O)Nc2ccc(F)c(F)c2F)n1. The Bertz CT molecular complexity index is 739. The molecule has 8 heteroatoms. The summed E-state index contributed by atoms with van der Waals surface area (Å²) in [7, 11) is 1.79. The van der Waals surface area contributed by atoms with E-state index < -0.39 is 29.0 Å². The highest BCUT2D eigenvalue weighted by atomic mass is 19.2. The molecule has 0 radical (unpaired) electrons. The standard InChI is InChI=1S/C16H17F3N4O/c1-3-4-9-23(2)16-20-8-7-12(22-16)15(24)21-11-6-5-10(17)13(18)14(11)19/h5-8H,3-4,9H2,1-2H3,(H,21,24). The quantitative estimate of drug-likeness (QED) is 0.821. The van der Waals surface area contributed by atoms with E-state index in [4.69, 9.17) is 0 Å². The van der Waals surface area contributed by atoms with Gasteiger partial charge in [-0.25, -0.2) is 23.1 Å². The van der Waals surface area contributed by atoms with Crippen molar-refractivity contribution in [3.05, 3.63) is 47.5 Å². The second-order valence-electron chi connectivity index (χ2n) is 5.19. The lowest BCUT2D eigenvalue weighted by molar-refractivity contribution is 0.102. The minimum Gasteiger partial charge on any atom is -0.344 e. The fraction of sp³-hybridized carbons (Fsp3) is 0.312. The monoisotopic (exact) mass is 338 g/mol. The van der Waals surface area contributed by atoms with Crippen LogP contribution in [-0.2, 0) is 0 Å². The highest BCUT2D eigenvalue weighted by Crippen LogP contribution is 2.20. The Morgan fingerprint density at radius 2 is 1.96 bits per heavy atom. The van der Waals surface area contributed by atoms with Crippen molar-refractivity contribution >= 4 is 17.5 Å². The Morgan fingerprint density at radius 3 is 2.67 bits per heavy atom. The molecule has 0 bridgehead atoms. The molecule has 1 N–H and O–H groups in total. The molecule has 0 aliphatic carbocycles. The van der Waals surface area contributed by atoms with Crippen LogP contribution in [0, 0.1) is 17.5 Å². The molecule has 2 rings (SSSR count). The molecule has 5 nitrogen and oxygen atoms in total. The lowest BCUT2D eigenvalue weighted by Gasteiger charge is -2.16. The van der Waals surface area contributed by atoms with Gasteiger partial charge in [0.05, 0.1) is 5.69 Å². The summed E-state index contributed by atoms with van der Waals surface area (Å²) in [5.41, 5.74) is -0.467. The van der Waals surface area contributed by atoms with Gasteiger partial charge in [0.15, 0.2) is 17.5 Å². The van der Waals surface area contributed by atoms with E-state index in [1.807, 2.05) is 0 Å². The van der Waals surface area contributed by atoms with E-state index >= 15 is 0 Å². The summed E-state index contributed by atoms with van der Waals surface area (Å²) in [6, 6.07) is 3.03. The van der Waals surface area contributed by atoms with Crippen molar-refractivity contribution in [2.75, 3.05) is 23.8 Å². The predicted octanol–water partition coefficient (Wildman–Crippen LogP) is 3.38. The normalized spacial score (nSPS) is 10.5. The highest BCUT2D eigenvalue weighted by molar-refractivity contribution is 6.03. The number of hydrogen-bond donors (Lipinski definition) is 1. The van der Waals surface area contributed by atoms with E-state index in [1.54, 1.807) is 11.9 Å². The topological polar surface area (TPSA) is 58.1 Å². The van der Waals surface area contributed by atoms with Gasteiger partial charge < -0.3 is 10.2 Å². The van der Waals surface area contributed by atoms with Crippen LogP contribution in [0.2, 0.25) is 0 Å². The summed E-state index contributed by atoms with van der Waals surface area (Å²) in [6.45, 7) is 2.77. The number of halogens is 3. The number of amides is 1. The number of rotatable bonds is 6. The number of unbranched alkanes of at least 4 members (excludes halogenated alkanes) is 1. The second-order valence-corrected chi connectivity index (χ2v) is 5.19. The van der Waals surface area contributed by atoms with Gasteiger partial charge in [0.25, 0.3) is 5.91 Å². The van der Waals surface area contributed by atoms with E-state index in [-0.39, 0.29) is 5.69 Å². The average Bonchev–Trinajstić information content (AvgIpc) is 2.60. The Hall–Kier alpha value is -2.64. The third kappa shape index (κ3) is 4.01. The van der Waals surface area contributed by atoms with Crippen LogP contribution < -0.4 is 10.2 Å². The number of nitrogens with one attached hydrogen (secondary N) is 1. The molecule has 1 aromatic heterocycles.